The van der Waals surface area contributed by atoms with Crippen LogP contribution in [-0.2, 0) is 4.79 Å². The van der Waals surface area contributed by atoms with Gasteiger partial charge in [0, 0.05) is 5.56 Å². The van der Waals surface area contributed by atoms with E-state index in [1.54, 1.807) is 24.3 Å². The van der Waals surface area contributed by atoms with Crippen LogP contribution in [0, 0.1) is 0 Å². The first-order valence-electron chi connectivity index (χ1n) is 9.13. The minimum atomic E-state index is -0.502. The van der Waals surface area contributed by atoms with Gasteiger partial charge in [-0.05, 0) is 23.6 Å². The van der Waals surface area contributed by atoms with Gasteiger partial charge in [0.05, 0.1) is 11.1 Å². The average Bonchev–Trinajstić information content (AvgIpc) is 3.27. The molecule has 1 N–H and O–H groups in total. The molecule has 0 radical (unpaired) electrons. The second-order valence-corrected chi connectivity index (χ2v) is 7.96. The zero-order valence-corrected chi connectivity index (χ0v) is 16.7. The fourth-order valence-electron chi connectivity index (χ4n) is 3.09. The summed E-state index contributed by atoms with van der Waals surface area (Å²) in [4.78, 5) is 38.0. The van der Waals surface area contributed by atoms with Crippen molar-refractivity contribution in [3.63, 3.8) is 0 Å². The molecule has 1 aromatic heterocycles. The minimum absolute atomic E-state index is 0.313. The lowest BCUT2D eigenvalue weighted by molar-refractivity contribution is -0.116. The second-order valence-electron chi connectivity index (χ2n) is 6.98. The second kappa shape index (κ2) is 7.56. The topological polar surface area (TPSA) is 92.3 Å². The van der Waals surface area contributed by atoms with E-state index >= 15 is 0 Å². The van der Waals surface area contributed by atoms with Gasteiger partial charge >= 0.3 is 0 Å². The van der Waals surface area contributed by atoms with E-state index in [0.29, 0.717) is 27.2 Å². The maximum atomic E-state index is 12.4. The number of amides is 3. The molecule has 0 saturated heterocycles. The quantitative estimate of drug-likeness (QED) is 0.654. The Morgan fingerprint density at radius 1 is 1.00 bits per heavy atom. The standard InChI is InChI=1S/C21H18N4O3S/c1-12(2)13-7-9-14(10-8-13)18-23-24-21(29-18)22-17(26)11-25-19(27)15-5-3-4-6-16(15)20(25)28/h3-10,12H,11H2,1-2H3,(H,22,24,26). The Morgan fingerprint density at radius 3 is 2.21 bits per heavy atom. The zero-order chi connectivity index (χ0) is 20.5. The van der Waals surface area contributed by atoms with Gasteiger partial charge in [-0.2, -0.15) is 0 Å². The number of benzene rings is 2. The van der Waals surface area contributed by atoms with Crippen molar-refractivity contribution in [1.82, 2.24) is 15.1 Å². The molecular weight excluding hydrogens is 388 g/mol. The number of anilines is 1. The van der Waals surface area contributed by atoms with Crippen LogP contribution in [0.1, 0.15) is 46.0 Å². The highest BCUT2D eigenvalue weighted by Gasteiger charge is 2.36. The van der Waals surface area contributed by atoms with Crippen LogP contribution in [0.2, 0.25) is 0 Å². The first kappa shape index (κ1) is 18.9. The first-order chi connectivity index (χ1) is 13.9. The average molecular weight is 406 g/mol. The highest BCUT2D eigenvalue weighted by molar-refractivity contribution is 7.18. The lowest BCUT2D eigenvalue weighted by atomic mass is 10.0. The molecular formula is C21H18N4O3S. The number of nitrogens with one attached hydrogen (secondary N) is 1. The summed E-state index contributed by atoms with van der Waals surface area (Å²) < 4.78 is 0. The molecule has 3 amide bonds. The Hall–Kier alpha value is -3.39. The number of carbonyl (C=O) groups excluding carboxylic acids is 3. The summed E-state index contributed by atoms with van der Waals surface area (Å²) in [7, 11) is 0. The number of carbonyl (C=O) groups is 3. The summed E-state index contributed by atoms with van der Waals surface area (Å²) in [5.41, 5.74) is 2.77. The van der Waals surface area contributed by atoms with E-state index in [1.165, 1.54) is 16.9 Å². The van der Waals surface area contributed by atoms with Gasteiger partial charge in [0.15, 0.2) is 0 Å². The van der Waals surface area contributed by atoms with Gasteiger partial charge in [0.25, 0.3) is 11.8 Å². The Balaban J connectivity index is 1.42. The number of hydrogen-bond acceptors (Lipinski definition) is 6. The van der Waals surface area contributed by atoms with Crippen LogP contribution in [0.3, 0.4) is 0 Å². The van der Waals surface area contributed by atoms with Crippen molar-refractivity contribution < 1.29 is 14.4 Å². The van der Waals surface area contributed by atoms with Gasteiger partial charge in [0.1, 0.15) is 11.6 Å². The highest BCUT2D eigenvalue weighted by atomic mass is 32.1. The van der Waals surface area contributed by atoms with E-state index in [-0.39, 0.29) is 6.54 Å². The van der Waals surface area contributed by atoms with Crippen LogP contribution in [0.4, 0.5) is 5.13 Å². The van der Waals surface area contributed by atoms with Gasteiger partial charge in [-0.1, -0.05) is 61.6 Å². The Labute approximate surface area is 171 Å². The third-order valence-corrected chi connectivity index (χ3v) is 5.56. The molecule has 3 aromatic rings. The van der Waals surface area contributed by atoms with Crippen molar-refractivity contribution in [2.24, 2.45) is 0 Å². The molecule has 0 spiro atoms. The number of nitrogens with zero attached hydrogens (tertiary/aromatic N) is 3. The summed E-state index contributed by atoms with van der Waals surface area (Å²) in [6.07, 6.45) is 0. The van der Waals surface area contributed by atoms with Gasteiger partial charge < -0.3 is 0 Å². The molecule has 1 aliphatic heterocycles. The van der Waals surface area contributed by atoms with Crippen LogP contribution >= 0.6 is 11.3 Å². The molecule has 8 heteroatoms. The van der Waals surface area contributed by atoms with Crippen LogP contribution in [-0.4, -0.2) is 39.4 Å². The summed E-state index contributed by atoms with van der Waals surface area (Å²) in [5.74, 6) is -0.999. The third kappa shape index (κ3) is 3.66. The summed E-state index contributed by atoms with van der Waals surface area (Å²) in [6.45, 7) is 3.88. The van der Waals surface area contributed by atoms with Crippen molar-refractivity contribution in [1.29, 1.82) is 0 Å². The summed E-state index contributed by atoms with van der Waals surface area (Å²) >= 11 is 1.23. The predicted molar refractivity (Wildman–Crippen MR) is 110 cm³/mol. The molecule has 0 unspecified atom stereocenters. The minimum Gasteiger partial charge on any atom is -0.299 e. The largest absolute Gasteiger partial charge is 0.299 e. The van der Waals surface area contributed by atoms with Crippen molar-refractivity contribution >= 4 is 34.2 Å². The number of hydrogen-bond donors (Lipinski definition) is 1. The fourth-order valence-corrected chi connectivity index (χ4v) is 3.85. The monoisotopic (exact) mass is 406 g/mol. The SMILES string of the molecule is CC(C)c1ccc(-c2nnc(NC(=O)CN3C(=O)c4ccccc4C3=O)s2)cc1. The van der Waals surface area contributed by atoms with Crippen LogP contribution < -0.4 is 5.32 Å². The zero-order valence-electron chi connectivity index (χ0n) is 15.9. The number of fused-ring (bicyclic) bond motifs is 1. The molecule has 7 nitrogen and oxygen atoms in total. The van der Waals surface area contributed by atoms with Crippen molar-refractivity contribution in [2.75, 3.05) is 11.9 Å². The third-order valence-electron chi connectivity index (χ3n) is 4.68. The van der Waals surface area contributed by atoms with Crippen LogP contribution in [0.15, 0.2) is 48.5 Å². The number of rotatable bonds is 5. The molecule has 29 heavy (non-hydrogen) atoms. The van der Waals surface area contributed by atoms with E-state index in [2.05, 4.69) is 29.4 Å². The van der Waals surface area contributed by atoms with E-state index in [9.17, 15) is 14.4 Å². The Kier molecular flexibility index (Phi) is 4.94. The Bertz CT molecular complexity index is 1070. The lowest BCUT2D eigenvalue weighted by Crippen LogP contribution is -2.37. The van der Waals surface area contributed by atoms with E-state index in [4.69, 9.17) is 0 Å². The maximum absolute atomic E-state index is 12.4. The van der Waals surface area contributed by atoms with Crippen molar-refractivity contribution in [3.8, 4) is 10.6 Å². The molecule has 0 bridgehead atoms. The van der Waals surface area contributed by atoms with Gasteiger partial charge in [0.2, 0.25) is 11.0 Å². The van der Waals surface area contributed by atoms with Gasteiger partial charge in [-0.15, -0.1) is 10.2 Å². The normalized spacial score (nSPS) is 13.1. The van der Waals surface area contributed by atoms with Gasteiger partial charge in [-0.3, -0.25) is 24.6 Å². The number of aromatic nitrogens is 2. The lowest BCUT2D eigenvalue weighted by Gasteiger charge is -2.12. The van der Waals surface area contributed by atoms with Gasteiger partial charge in [-0.25, -0.2) is 0 Å². The highest BCUT2D eigenvalue weighted by Crippen LogP contribution is 2.28. The Morgan fingerprint density at radius 2 is 1.62 bits per heavy atom. The van der Waals surface area contributed by atoms with Crippen molar-refractivity contribution in [3.05, 3.63) is 65.2 Å². The fraction of sp³-hybridized carbons (Fsp3) is 0.190. The smallest absolute Gasteiger partial charge is 0.262 e. The molecule has 2 aromatic carbocycles. The van der Waals surface area contributed by atoms with Crippen molar-refractivity contribution in [2.45, 2.75) is 19.8 Å². The van der Waals surface area contributed by atoms with Crippen LogP contribution in [0.5, 0.6) is 0 Å². The predicted octanol–water partition coefficient (Wildman–Crippen LogP) is 3.56. The molecule has 0 fully saturated rings. The molecule has 2 heterocycles. The maximum Gasteiger partial charge on any atom is 0.262 e. The van der Waals surface area contributed by atoms with E-state index in [1.807, 2.05) is 24.3 Å². The molecule has 0 saturated carbocycles. The van der Waals surface area contributed by atoms with E-state index < -0.39 is 17.7 Å². The molecule has 1 aliphatic rings. The number of imide groups is 1. The molecule has 4 rings (SSSR count). The van der Waals surface area contributed by atoms with E-state index in [0.717, 1.165) is 10.5 Å². The molecule has 146 valence electrons. The summed E-state index contributed by atoms with van der Waals surface area (Å²) in [5, 5.41) is 11.7. The molecule has 0 aliphatic carbocycles. The van der Waals surface area contributed by atoms with Crippen LogP contribution in [0.25, 0.3) is 10.6 Å². The summed E-state index contributed by atoms with van der Waals surface area (Å²) in [6, 6.07) is 14.6. The first-order valence-corrected chi connectivity index (χ1v) is 9.94. The molecule has 0 atom stereocenters.